The van der Waals surface area contributed by atoms with Crippen LogP contribution >= 0.6 is 23.2 Å². The zero-order valence-corrected chi connectivity index (χ0v) is 8.05. The minimum Gasteiger partial charge on any atom is -0.387 e. The molecule has 2 nitrogen and oxygen atoms in total. The molecule has 0 amide bonds. The van der Waals surface area contributed by atoms with Crippen molar-refractivity contribution in [2.24, 2.45) is 0 Å². The summed E-state index contributed by atoms with van der Waals surface area (Å²) in [6.45, 7) is 1.80. The van der Waals surface area contributed by atoms with Gasteiger partial charge in [0, 0.05) is 0 Å². The summed E-state index contributed by atoms with van der Waals surface area (Å²) in [4.78, 5) is 0. The second-order valence-electron chi connectivity index (χ2n) is 2.64. The number of hydrogen-bond donors (Lipinski definition) is 2. The van der Waals surface area contributed by atoms with E-state index in [1.54, 1.807) is 19.1 Å². The zero-order chi connectivity index (χ0) is 9.30. The Bertz CT molecular complexity index is 235. The Kier molecular flexibility index (Phi) is 3.18. The largest absolute Gasteiger partial charge is 0.387 e. The monoisotopic (exact) mass is 208 g/mol. The van der Waals surface area contributed by atoms with Gasteiger partial charge < -0.3 is 10.2 Å². The molecule has 0 aromatic heterocycles. The molecule has 0 unspecified atom stereocenters. The van der Waals surface area contributed by atoms with Crippen molar-refractivity contribution in [2.75, 3.05) is 0 Å². The Hall–Kier alpha value is -0.0200. The molecule has 4 heteroatoms. The van der Waals surface area contributed by atoms with Crippen molar-refractivity contribution in [3.05, 3.63) is 22.8 Å². The van der Waals surface area contributed by atoms with E-state index < -0.39 is 17.6 Å². The Morgan fingerprint density at radius 1 is 1.33 bits per heavy atom. The van der Waals surface area contributed by atoms with Crippen molar-refractivity contribution < 1.29 is 10.2 Å². The number of alkyl halides is 1. The first-order valence-corrected chi connectivity index (χ1v) is 4.43. The highest BCUT2D eigenvalue weighted by Gasteiger charge is 2.37. The zero-order valence-electron chi connectivity index (χ0n) is 6.54. The summed E-state index contributed by atoms with van der Waals surface area (Å²) >= 11 is 11.4. The molecule has 1 aliphatic carbocycles. The average molecular weight is 209 g/mol. The summed E-state index contributed by atoms with van der Waals surface area (Å²) in [7, 11) is 0. The first kappa shape index (κ1) is 10.1. The van der Waals surface area contributed by atoms with Crippen LogP contribution in [-0.2, 0) is 0 Å². The highest BCUT2D eigenvalue weighted by molar-refractivity contribution is 6.33. The highest BCUT2D eigenvalue weighted by Crippen LogP contribution is 2.34. The fourth-order valence-corrected chi connectivity index (χ4v) is 1.79. The summed E-state index contributed by atoms with van der Waals surface area (Å²) in [5.41, 5.74) is 0.506. The summed E-state index contributed by atoms with van der Waals surface area (Å²) in [6, 6.07) is 0. The van der Waals surface area contributed by atoms with Crippen LogP contribution in [0.15, 0.2) is 22.8 Å². The molecule has 0 saturated heterocycles. The van der Waals surface area contributed by atoms with Crippen molar-refractivity contribution in [3.8, 4) is 0 Å². The van der Waals surface area contributed by atoms with Gasteiger partial charge in [0.1, 0.15) is 6.10 Å². The van der Waals surface area contributed by atoms with Gasteiger partial charge in [-0.2, -0.15) is 0 Å². The molecule has 0 radical (unpaired) electrons. The van der Waals surface area contributed by atoms with Crippen LogP contribution in [0.2, 0.25) is 0 Å². The Morgan fingerprint density at radius 2 is 1.92 bits per heavy atom. The minimum atomic E-state index is -0.950. The van der Waals surface area contributed by atoms with Crippen molar-refractivity contribution in [3.63, 3.8) is 0 Å². The smallest absolute Gasteiger partial charge is 0.109 e. The second kappa shape index (κ2) is 3.79. The molecule has 1 rings (SSSR count). The molecule has 0 spiro atoms. The van der Waals surface area contributed by atoms with Crippen molar-refractivity contribution in [1.82, 2.24) is 0 Å². The van der Waals surface area contributed by atoms with E-state index in [9.17, 15) is 10.2 Å². The number of halogens is 2. The molecular weight excluding hydrogens is 199 g/mol. The van der Waals surface area contributed by atoms with E-state index in [1.807, 2.05) is 0 Å². The number of allylic oxidation sites excluding steroid dienone is 1. The summed E-state index contributed by atoms with van der Waals surface area (Å²) in [5, 5.41) is 18.3. The number of rotatable bonds is 1. The first-order valence-electron chi connectivity index (χ1n) is 3.62. The highest BCUT2D eigenvalue weighted by atomic mass is 35.5. The fourth-order valence-electron chi connectivity index (χ4n) is 1.15. The molecule has 0 saturated carbocycles. The van der Waals surface area contributed by atoms with Crippen molar-refractivity contribution in [2.45, 2.75) is 24.5 Å². The van der Waals surface area contributed by atoms with Crippen LogP contribution < -0.4 is 0 Å². The van der Waals surface area contributed by atoms with Gasteiger partial charge in [-0.25, -0.2) is 0 Å². The summed E-state index contributed by atoms with van der Waals surface area (Å²) in [5.74, 6) is 0. The number of aliphatic hydroxyl groups excluding tert-OH is 2. The molecule has 1 aliphatic rings. The number of hydrogen-bond acceptors (Lipinski definition) is 2. The van der Waals surface area contributed by atoms with Gasteiger partial charge >= 0.3 is 0 Å². The van der Waals surface area contributed by atoms with Crippen molar-refractivity contribution >= 4 is 23.2 Å². The van der Waals surface area contributed by atoms with Gasteiger partial charge in [0.2, 0.25) is 0 Å². The molecule has 68 valence electrons. The second-order valence-corrected chi connectivity index (χ2v) is 3.55. The predicted octanol–water partition coefficient (Wildman–Crippen LogP) is 1.40. The van der Waals surface area contributed by atoms with Crippen LogP contribution in [0.4, 0.5) is 0 Å². The minimum absolute atomic E-state index is 0.237. The van der Waals surface area contributed by atoms with E-state index in [0.29, 0.717) is 5.57 Å². The lowest BCUT2D eigenvalue weighted by atomic mass is 10.2. The molecule has 0 aromatic rings. The molecule has 0 bridgehead atoms. The third-order valence-corrected chi connectivity index (χ3v) is 2.72. The summed E-state index contributed by atoms with van der Waals surface area (Å²) in [6.07, 6.45) is 1.57. The van der Waals surface area contributed by atoms with Crippen LogP contribution in [0.5, 0.6) is 0 Å². The standard InChI is InChI=1S/C8H10Cl2O2/c1-2-3-4-5(9)8(12)6(10)7(4)11/h2-3,6-8,11-12H,1H3/b3-2+/t6-,7+,8-/m0/s1. The van der Waals surface area contributed by atoms with Gasteiger partial charge in [-0.15, -0.1) is 11.6 Å². The average Bonchev–Trinajstić information content (AvgIpc) is 2.23. The van der Waals surface area contributed by atoms with Gasteiger partial charge in [0.25, 0.3) is 0 Å². The lowest BCUT2D eigenvalue weighted by molar-refractivity contribution is 0.152. The Labute approximate surface area is 81.1 Å². The normalized spacial score (nSPS) is 36.9. The lowest BCUT2D eigenvalue weighted by Gasteiger charge is -2.10. The molecule has 2 N–H and O–H groups in total. The van der Waals surface area contributed by atoms with Gasteiger partial charge in [-0.3, -0.25) is 0 Å². The van der Waals surface area contributed by atoms with Crippen LogP contribution in [-0.4, -0.2) is 27.8 Å². The molecule has 12 heavy (non-hydrogen) atoms. The SMILES string of the molecule is C/C=C/C1=C(Cl)[C@H](O)[C@@H](Cl)[C@@H]1O. The van der Waals surface area contributed by atoms with Crippen LogP contribution in [0, 0.1) is 0 Å². The van der Waals surface area contributed by atoms with E-state index in [4.69, 9.17) is 23.2 Å². The quantitative estimate of drug-likeness (QED) is 0.641. The van der Waals surface area contributed by atoms with Gasteiger partial charge in [-0.1, -0.05) is 23.8 Å². The summed E-state index contributed by atoms with van der Waals surface area (Å²) < 4.78 is 0. The maximum absolute atomic E-state index is 9.44. The predicted molar refractivity (Wildman–Crippen MR) is 49.3 cm³/mol. The third-order valence-electron chi connectivity index (χ3n) is 1.80. The first-order chi connectivity index (χ1) is 5.59. The maximum atomic E-state index is 9.44. The van der Waals surface area contributed by atoms with E-state index in [2.05, 4.69) is 0 Å². The van der Waals surface area contributed by atoms with E-state index in [1.165, 1.54) is 0 Å². The molecule has 3 atom stereocenters. The van der Waals surface area contributed by atoms with Gasteiger partial charge in [-0.05, 0) is 12.5 Å². The molecule has 0 aliphatic heterocycles. The van der Waals surface area contributed by atoms with Gasteiger partial charge in [0.15, 0.2) is 0 Å². The van der Waals surface area contributed by atoms with E-state index in [-0.39, 0.29) is 5.03 Å². The topological polar surface area (TPSA) is 40.5 Å². The molecule has 0 aromatic carbocycles. The van der Waals surface area contributed by atoms with Crippen molar-refractivity contribution in [1.29, 1.82) is 0 Å². The van der Waals surface area contributed by atoms with Crippen LogP contribution in [0.3, 0.4) is 0 Å². The lowest BCUT2D eigenvalue weighted by Crippen LogP contribution is -2.25. The maximum Gasteiger partial charge on any atom is 0.109 e. The third kappa shape index (κ3) is 1.52. The molecule has 0 fully saturated rings. The van der Waals surface area contributed by atoms with E-state index >= 15 is 0 Å². The Morgan fingerprint density at radius 3 is 2.25 bits per heavy atom. The Balaban J connectivity index is 2.96. The van der Waals surface area contributed by atoms with E-state index in [0.717, 1.165) is 0 Å². The van der Waals surface area contributed by atoms with Crippen LogP contribution in [0.25, 0.3) is 0 Å². The fraction of sp³-hybridized carbons (Fsp3) is 0.500. The molecular formula is C8H10Cl2O2. The molecule has 0 heterocycles. The van der Waals surface area contributed by atoms with Crippen LogP contribution in [0.1, 0.15) is 6.92 Å². The van der Waals surface area contributed by atoms with Gasteiger partial charge in [0.05, 0.1) is 16.5 Å². The number of aliphatic hydroxyl groups is 2.